The number of piperazine rings is 1. The summed E-state index contributed by atoms with van der Waals surface area (Å²) in [6, 6.07) is 5.41. The molecule has 1 aromatic carbocycles. The van der Waals surface area contributed by atoms with Crippen LogP contribution >= 0.6 is 11.6 Å². The molecule has 1 atom stereocenters. The van der Waals surface area contributed by atoms with Gasteiger partial charge in [-0.15, -0.1) is 0 Å². The average Bonchev–Trinajstić information content (AvgIpc) is 2.37. The Labute approximate surface area is 107 Å². The van der Waals surface area contributed by atoms with E-state index in [0.717, 1.165) is 38.2 Å². The largest absolute Gasteiger partial charge is 0.314 e. The number of benzene rings is 1. The van der Waals surface area contributed by atoms with Gasteiger partial charge in [-0.05, 0) is 12.5 Å². The van der Waals surface area contributed by atoms with E-state index in [9.17, 15) is 4.39 Å². The molecule has 0 saturated carbocycles. The number of nitrogens with zero attached hydrogens (tertiary/aromatic N) is 1. The molecule has 94 valence electrons. The molecule has 1 saturated heterocycles. The van der Waals surface area contributed by atoms with Crippen molar-refractivity contribution in [2.75, 3.05) is 26.2 Å². The van der Waals surface area contributed by atoms with E-state index in [-0.39, 0.29) is 16.9 Å². The molecule has 0 radical (unpaired) electrons. The van der Waals surface area contributed by atoms with E-state index in [2.05, 4.69) is 17.1 Å². The molecule has 0 aromatic heterocycles. The molecule has 0 amide bonds. The van der Waals surface area contributed by atoms with E-state index >= 15 is 0 Å². The molecule has 1 aliphatic rings. The summed E-state index contributed by atoms with van der Waals surface area (Å²) in [5.41, 5.74) is 0.724. The number of rotatable bonds is 3. The summed E-state index contributed by atoms with van der Waals surface area (Å²) in [5.74, 6) is -0.264. The van der Waals surface area contributed by atoms with Gasteiger partial charge in [-0.1, -0.05) is 30.7 Å². The van der Waals surface area contributed by atoms with Crippen LogP contribution in [0.15, 0.2) is 18.2 Å². The fraction of sp³-hybridized carbons (Fsp3) is 0.538. The molecule has 4 heteroatoms. The minimum absolute atomic E-state index is 0.135. The second-order valence-corrected chi connectivity index (χ2v) is 4.76. The summed E-state index contributed by atoms with van der Waals surface area (Å²) in [7, 11) is 0. The Bertz CT molecular complexity index is 378. The third-order valence-electron chi connectivity index (χ3n) is 3.32. The zero-order chi connectivity index (χ0) is 12.3. The normalized spacial score (nSPS) is 19.2. The van der Waals surface area contributed by atoms with Crippen LogP contribution in [0.25, 0.3) is 0 Å². The van der Waals surface area contributed by atoms with Gasteiger partial charge < -0.3 is 5.32 Å². The first-order valence-electron chi connectivity index (χ1n) is 6.12. The highest BCUT2D eigenvalue weighted by atomic mass is 35.5. The third-order valence-corrected chi connectivity index (χ3v) is 3.61. The maximum atomic E-state index is 14.0. The van der Waals surface area contributed by atoms with Gasteiger partial charge in [0.1, 0.15) is 5.82 Å². The maximum absolute atomic E-state index is 14.0. The summed E-state index contributed by atoms with van der Waals surface area (Å²) in [6.07, 6.45) is 0.900. The molecule has 2 nitrogen and oxygen atoms in total. The second kappa shape index (κ2) is 5.80. The molecule has 0 spiro atoms. The molecule has 0 unspecified atom stereocenters. The number of hydrogen-bond acceptors (Lipinski definition) is 2. The molecular weight excluding hydrogens is 239 g/mol. The van der Waals surface area contributed by atoms with Crippen molar-refractivity contribution in [3.8, 4) is 0 Å². The monoisotopic (exact) mass is 256 g/mol. The van der Waals surface area contributed by atoms with Gasteiger partial charge in [-0.25, -0.2) is 4.39 Å². The van der Waals surface area contributed by atoms with Crippen molar-refractivity contribution in [1.82, 2.24) is 10.2 Å². The molecule has 1 fully saturated rings. The topological polar surface area (TPSA) is 15.3 Å². The van der Waals surface area contributed by atoms with E-state index in [1.165, 1.54) is 0 Å². The summed E-state index contributed by atoms with van der Waals surface area (Å²) >= 11 is 5.85. The van der Waals surface area contributed by atoms with Gasteiger partial charge in [-0.3, -0.25) is 4.90 Å². The minimum Gasteiger partial charge on any atom is -0.314 e. The van der Waals surface area contributed by atoms with Gasteiger partial charge in [0.25, 0.3) is 0 Å². The Kier molecular flexibility index (Phi) is 4.37. The highest BCUT2D eigenvalue weighted by molar-refractivity contribution is 6.30. The van der Waals surface area contributed by atoms with Crippen LogP contribution in [-0.4, -0.2) is 31.1 Å². The van der Waals surface area contributed by atoms with Crippen molar-refractivity contribution < 1.29 is 4.39 Å². The quantitative estimate of drug-likeness (QED) is 0.895. The lowest BCUT2D eigenvalue weighted by molar-refractivity contribution is 0.166. The number of nitrogens with one attached hydrogen (secondary N) is 1. The molecule has 0 bridgehead atoms. The van der Waals surface area contributed by atoms with Crippen molar-refractivity contribution in [1.29, 1.82) is 0 Å². The van der Waals surface area contributed by atoms with Crippen LogP contribution in [0.3, 0.4) is 0 Å². The van der Waals surface area contributed by atoms with Crippen LogP contribution in [0.4, 0.5) is 4.39 Å². The van der Waals surface area contributed by atoms with E-state index in [4.69, 9.17) is 11.6 Å². The predicted molar refractivity (Wildman–Crippen MR) is 68.9 cm³/mol. The Hall–Kier alpha value is -0.640. The van der Waals surface area contributed by atoms with Crippen molar-refractivity contribution in [2.45, 2.75) is 19.4 Å². The Morgan fingerprint density at radius 3 is 2.76 bits per heavy atom. The standard InChI is InChI=1S/C13H18ClFN2/c1-2-12(17-8-6-16-7-9-17)10-4-3-5-11(14)13(10)15/h3-5,12,16H,2,6-9H2,1H3/t12-/m1/s1. The number of hydrogen-bond donors (Lipinski definition) is 1. The Balaban J connectivity index is 2.24. The van der Waals surface area contributed by atoms with Gasteiger partial charge >= 0.3 is 0 Å². The smallest absolute Gasteiger partial charge is 0.146 e. The van der Waals surface area contributed by atoms with Gasteiger partial charge in [0.2, 0.25) is 0 Å². The van der Waals surface area contributed by atoms with E-state index in [1.54, 1.807) is 6.07 Å². The van der Waals surface area contributed by atoms with Crippen molar-refractivity contribution >= 4 is 11.6 Å². The Morgan fingerprint density at radius 1 is 1.41 bits per heavy atom. The molecule has 1 N–H and O–H groups in total. The van der Waals surface area contributed by atoms with Gasteiger partial charge in [0.15, 0.2) is 0 Å². The first-order valence-corrected chi connectivity index (χ1v) is 6.50. The first-order chi connectivity index (χ1) is 8.24. The van der Waals surface area contributed by atoms with Crippen LogP contribution in [0.1, 0.15) is 24.9 Å². The lowest BCUT2D eigenvalue weighted by atomic mass is 10.0. The zero-order valence-electron chi connectivity index (χ0n) is 10.0. The van der Waals surface area contributed by atoms with Crippen LogP contribution in [0, 0.1) is 5.82 Å². The van der Waals surface area contributed by atoms with Gasteiger partial charge in [0, 0.05) is 37.8 Å². The molecule has 1 aliphatic heterocycles. The van der Waals surface area contributed by atoms with Crippen LogP contribution < -0.4 is 5.32 Å². The highest BCUT2D eigenvalue weighted by Gasteiger charge is 2.23. The predicted octanol–water partition coefficient (Wildman–Crippen LogP) is 2.84. The van der Waals surface area contributed by atoms with E-state index in [1.807, 2.05) is 12.1 Å². The van der Waals surface area contributed by atoms with Crippen LogP contribution in [0.5, 0.6) is 0 Å². The molecule has 17 heavy (non-hydrogen) atoms. The van der Waals surface area contributed by atoms with E-state index < -0.39 is 0 Å². The fourth-order valence-electron chi connectivity index (χ4n) is 2.45. The summed E-state index contributed by atoms with van der Waals surface area (Å²) in [4.78, 5) is 2.32. The molecule has 1 heterocycles. The van der Waals surface area contributed by atoms with Crippen molar-refractivity contribution in [2.24, 2.45) is 0 Å². The van der Waals surface area contributed by atoms with Gasteiger partial charge in [-0.2, -0.15) is 0 Å². The fourth-order valence-corrected chi connectivity index (χ4v) is 2.63. The highest BCUT2D eigenvalue weighted by Crippen LogP contribution is 2.29. The Morgan fingerprint density at radius 2 is 2.12 bits per heavy atom. The van der Waals surface area contributed by atoms with Gasteiger partial charge in [0.05, 0.1) is 5.02 Å². The minimum atomic E-state index is -0.264. The molecular formula is C13H18ClFN2. The van der Waals surface area contributed by atoms with E-state index in [0.29, 0.717) is 0 Å². The summed E-state index contributed by atoms with van der Waals surface area (Å²) < 4.78 is 14.0. The lowest BCUT2D eigenvalue weighted by Crippen LogP contribution is -2.45. The maximum Gasteiger partial charge on any atom is 0.146 e. The third kappa shape index (κ3) is 2.79. The first kappa shape index (κ1) is 12.8. The summed E-state index contributed by atoms with van der Waals surface area (Å²) in [5, 5.41) is 3.53. The lowest BCUT2D eigenvalue weighted by Gasteiger charge is -2.34. The van der Waals surface area contributed by atoms with Crippen LogP contribution in [0.2, 0.25) is 5.02 Å². The molecule has 0 aliphatic carbocycles. The zero-order valence-corrected chi connectivity index (χ0v) is 10.8. The molecule has 1 aromatic rings. The summed E-state index contributed by atoms with van der Waals surface area (Å²) in [6.45, 7) is 5.96. The SMILES string of the molecule is CC[C@H](c1cccc(Cl)c1F)N1CCNCC1. The van der Waals surface area contributed by atoms with Crippen molar-refractivity contribution in [3.05, 3.63) is 34.6 Å². The van der Waals surface area contributed by atoms with Crippen molar-refractivity contribution in [3.63, 3.8) is 0 Å². The van der Waals surface area contributed by atoms with Crippen LogP contribution in [-0.2, 0) is 0 Å². The average molecular weight is 257 g/mol. The number of halogens is 2. The second-order valence-electron chi connectivity index (χ2n) is 4.35. The molecule has 2 rings (SSSR count).